The summed E-state index contributed by atoms with van der Waals surface area (Å²) in [5, 5.41) is 13.4. The second kappa shape index (κ2) is 16.9. The highest BCUT2D eigenvalue weighted by molar-refractivity contribution is 6.37. The molecule has 6 aromatic heterocycles. The minimum Gasteiger partial charge on any atom is -0.507 e. The standard InChI is InChI=1S/C15H11ClN2O.C15H12N2O2.C8H4Cl2N2.CH4/c16-13-9-14(19)18(10-11-5-2-1-3-6-11)15-12(13)7-4-8-17-15;18-13-9-14(19)17(10-11-5-2-1-3-6-11)15-12(13)7-4-8-16-15;9-6-4-7(10)12-8-5(6)2-1-3-11-8;/h1-9H,10H2;1-9,18H,10H2;1-4H;1H4. The fraction of sp³-hybridized carbons (Fsp3) is 0.0769. The Kier molecular flexibility index (Phi) is 12.1. The quantitative estimate of drug-likeness (QED) is 0.180. The van der Waals surface area contributed by atoms with E-state index in [4.69, 9.17) is 34.8 Å². The van der Waals surface area contributed by atoms with Crippen LogP contribution >= 0.6 is 34.8 Å². The van der Waals surface area contributed by atoms with Gasteiger partial charge in [0.15, 0.2) is 5.65 Å². The minimum absolute atomic E-state index is 0. The highest BCUT2D eigenvalue weighted by atomic mass is 35.5. The molecule has 0 bridgehead atoms. The van der Waals surface area contributed by atoms with E-state index in [1.807, 2.05) is 84.9 Å². The summed E-state index contributed by atoms with van der Waals surface area (Å²) in [6.07, 6.45) is 4.93. The van der Waals surface area contributed by atoms with Crippen LogP contribution in [0.4, 0.5) is 0 Å². The van der Waals surface area contributed by atoms with Gasteiger partial charge in [0.05, 0.1) is 28.5 Å². The molecule has 0 aliphatic rings. The van der Waals surface area contributed by atoms with E-state index in [9.17, 15) is 14.7 Å². The average molecular weight is 738 g/mol. The molecule has 0 aliphatic heterocycles. The van der Waals surface area contributed by atoms with Gasteiger partial charge in [-0.1, -0.05) is 103 Å². The highest BCUT2D eigenvalue weighted by Gasteiger charge is 2.10. The normalized spacial score (nSPS) is 10.5. The van der Waals surface area contributed by atoms with Crippen molar-refractivity contribution < 1.29 is 5.11 Å². The monoisotopic (exact) mass is 736 g/mol. The molecule has 0 unspecified atom stereocenters. The van der Waals surface area contributed by atoms with Gasteiger partial charge in [0.2, 0.25) is 0 Å². The van der Waals surface area contributed by atoms with E-state index in [0.29, 0.717) is 50.6 Å². The van der Waals surface area contributed by atoms with Gasteiger partial charge >= 0.3 is 0 Å². The topological polar surface area (TPSA) is 116 Å². The molecule has 0 fully saturated rings. The molecule has 0 spiro atoms. The van der Waals surface area contributed by atoms with Crippen molar-refractivity contribution in [1.82, 2.24) is 29.1 Å². The van der Waals surface area contributed by atoms with Crippen molar-refractivity contribution in [3.05, 3.63) is 181 Å². The van der Waals surface area contributed by atoms with Gasteiger partial charge in [0, 0.05) is 41.5 Å². The smallest absolute Gasteiger partial charge is 0.256 e. The first kappa shape index (κ1) is 36.7. The van der Waals surface area contributed by atoms with E-state index < -0.39 is 0 Å². The summed E-state index contributed by atoms with van der Waals surface area (Å²) in [5.74, 6) is -0.0302. The van der Waals surface area contributed by atoms with E-state index in [0.717, 1.165) is 21.9 Å². The predicted molar refractivity (Wildman–Crippen MR) is 206 cm³/mol. The van der Waals surface area contributed by atoms with E-state index in [1.54, 1.807) is 45.9 Å². The highest BCUT2D eigenvalue weighted by Crippen LogP contribution is 2.24. The number of halogens is 3. The molecule has 0 atom stereocenters. The molecule has 9 nitrogen and oxygen atoms in total. The van der Waals surface area contributed by atoms with Crippen molar-refractivity contribution in [2.24, 2.45) is 0 Å². The molecule has 8 aromatic rings. The van der Waals surface area contributed by atoms with Gasteiger partial charge in [-0.15, -0.1) is 0 Å². The van der Waals surface area contributed by atoms with Crippen LogP contribution in [-0.2, 0) is 13.1 Å². The Labute approximate surface area is 308 Å². The Bertz CT molecular complexity index is 2410. The Morgan fingerprint density at radius 1 is 0.549 bits per heavy atom. The van der Waals surface area contributed by atoms with Crippen molar-refractivity contribution >= 4 is 67.9 Å². The summed E-state index contributed by atoms with van der Waals surface area (Å²) in [6.45, 7) is 0.928. The number of benzene rings is 2. The lowest BCUT2D eigenvalue weighted by atomic mass is 10.2. The third-order valence-corrected chi connectivity index (χ3v) is 8.35. The molecule has 2 aromatic carbocycles. The first-order chi connectivity index (χ1) is 24.3. The number of fused-ring (bicyclic) bond motifs is 3. The summed E-state index contributed by atoms with van der Waals surface area (Å²) in [7, 11) is 0. The second-order valence-corrected chi connectivity index (χ2v) is 12.1. The lowest BCUT2D eigenvalue weighted by molar-refractivity contribution is 0.479. The molecule has 0 saturated carbocycles. The molecule has 0 saturated heterocycles. The van der Waals surface area contributed by atoms with Gasteiger partial charge in [-0.05, 0) is 53.6 Å². The van der Waals surface area contributed by atoms with Crippen LogP contribution in [0.25, 0.3) is 33.1 Å². The number of pyridine rings is 6. The molecular formula is C39H31Cl3N6O3. The number of hydrogen-bond acceptors (Lipinski definition) is 7. The molecule has 1 N–H and O–H groups in total. The van der Waals surface area contributed by atoms with Crippen LogP contribution in [-0.4, -0.2) is 34.2 Å². The van der Waals surface area contributed by atoms with Crippen LogP contribution in [0.1, 0.15) is 18.6 Å². The predicted octanol–water partition coefficient (Wildman–Crippen LogP) is 8.82. The first-order valence-corrected chi connectivity index (χ1v) is 16.4. The fourth-order valence-corrected chi connectivity index (χ4v) is 5.92. The number of nitrogens with zero attached hydrogens (tertiary/aromatic N) is 6. The van der Waals surface area contributed by atoms with E-state index in [2.05, 4.69) is 19.9 Å². The zero-order valence-corrected chi connectivity index (χ0v) is 28.5. The zero-order chi connectivity index (χ0) is 35.0. The molecule has 256 valence electrons. The summed E-state index contributed by atoms with van der Waals surface area (Å²) < 4.78 is 3.20. The van der Waals surface area contributed by atoms with Crippen molar-refractivity contribution in [2.45, 2.75) is 20.5 Å². The summed E-state index contributed by atoms with van der Waals surface area (Å²) in [4.78, 5) is 40.6. The van der Waals surface area contributed by atoms with Crippen LogP contribution in [0.3, 0.4) is 0 Å². The van der Waals surface area contributed by atoms with Crippen molar-refractivity contribution in [3.8, 4) is 5.75 Å². The largest absolute Gasteiger partial charge is 0.507 e. The lowest BCUT2D eigenvalue weighted by Gasteiger charge is -2.10. The number of rotatable bonds is 4. The van der Waals surface area contributed by atoms with Crippen LogP contribution in [0.2, 0.25) is 15.2 Å². The van der Waals surface area contributed by atoms with E-state index in [-0.39, 0.29) is 24.3 Å². The van der Waals surface area contributed by atoms with Gasteiger partial charge in [0.25, 0.3) is 11.1 Å². The lowest BCUT2D eigenvalue weighted by Crippen LogP contribution is -2.21. The second-order valence-electron chi connectivity index (χ2n) is 10.9. The molecule has 0 aliphatic carbocycles. The number of hydrogen-bond donors (Lipinski definition) is 1. The Morgan fingerprint density at radius 3 is 1.61 bits per heavy atom. The molecule has 12 heteroatoms. The molecule has 51 heavy (non-hydrogen) atoms. The number of aromatic nitrogens is 6. The molecule has 6 heterocycles. The van der Waals surface area contributed by atoms with Gasteiger partial charge in [0.1, 0.15) is 22.2 Å². The van der Waals surface area contributed by atoms with Crippen LogP contribution in [0, 0.1) is 0 Å². The first-order valence-electron chi connectivity index (χ1n) is 15.2. The minimum atomic E-state index is -0.257. The van der Waals surface area contributed by atoms with E-state index >= 15 is 0 Å². The van der Waals surface area contributed by atoms with Crippen molar-refractivity contribution in [2.75, 3.05) is 0 Å². The Hall–Kier alpha value is -5.61. The van der Waals surface area contributed by atoms with Gasteiger partial charge in [-0.2, -0.15) is 0 Å². The maximum absolute atomic E-state index is 12.1. The third kappa shape index (κ3) is 8.77. The zero-order valence-electron chi connectivity index (χ0n) is 26.2. The molecule has 0 radical (unpaired) electrons. The Balaban J connectivity index is 0.000000151. The van der Waals surface area contributed by atoms with Crippen molar-refractivity contribution in [3.63, 3.8) is 0 Å². The number of aromatic hydroxyl groups is 1. The molecule has 0 amide bonds. The van der Waals surface area contributed by atoms with Gasteiger partial charge in [-0.25, -0.2) is 19.9 Å². The van der Waals surface area contributed by atoms with E-state index in [1.165, 1.54) is 12.1 Å². The fourth-order valence-electron chi connectivity index (χ4n) is 5.18. The maximum Gasteiger partial charge on any atom is 0.256 e. The van der Waals surface area contributed by atoms with Crippen LogP contribution in [0.5, 0.6) is 5.75 Å². The SMILES string of the molecule is C.Clc1cc(Cl)c2cccnc2n1.O=c1cc(Cl)c2cccnc2n1Cc1ccccc1.O=c1cc(O)c2cccnc2n1Cc1ccccc1. The van der Waals surface area contributed by atoms with Gasteiger partial charge in [-0.3, -0.25) is 18.7 Å². The third-order valence-electron chi connectivity index (χ3n) is 7.53. The summed E-state index contributed by atoms with van der Waals surface area (Å²) >= 11 is 17.7. The average Bonchev–Trinajstić information content (AvgIpc) is 3.13. The van der Waals surface area contributed by atoms with Gasteiger partial charge < -0.3 is 5.11 Å². The molecule has 8 rings (SSSR count). The Morgan fingerprint density at radius 2 is 1.02 bits per heavy atom. The summed E-state index contributed by atoms with van der Waals surface area (Å²) in [5.41, 5.74) is 3.36. The molecular weight excluding hydrogens is 707 g/mol. The van der Waals surface area contributed by atoms with Crippen LogP contribution in [0.15, 0.2) is 143 Å². The van der Waals surface area contributed by atoms with Crippen molar-refractivity contribution in [1.29, 1.82) is 0 Å². The van der Waals surface area contributed by atoms with Crippen LogP contribution < -0.4 is 11.1 Å². The summed E-state index contributed by atoms with van der Waals surface area (Å²) in [6, 6.07) is 34.6. The maximum atomic E-state index is 12.1.